The first-order chi connectivity index (χ1) is 27.9. The molecule has 0 aromatic heterocycles. The molecule has 6 N–H and O–H groups in total. The predicted molar refractivity (Wildman–Crippen MR) is 226 cm³/mol. The van der Waals surface area contributed by atoms with Crippen LogP contribution in [-0.4, -0.2) is 98.3 Å². The molecule has 1 fully saturated rings. The molecule has 58 heavy (non-hydrogen) atoms. The van der Waals surface area contributed by atoms with Crippen LogP contribution in [0.5, 0.6) is 0 Å². The third-order valence-corrected chi connectivity index (χ3v) is 10.6. The van der Waals surface area contributed by atoms with Gasteiger partial charge in [0, 0.05) is 12.8 Å². The molecule has 0 aromatic carbocycles. The Morgan fingerprint density at radius 2 is 0.983 bits per heavy atom. The zero-order valence-corrected chi connectivity index (χ0v) is 36.0. The van der Waals surface area contributed by atoms with Gasteiger partial charge in [-0.3, -0.25) is 18.6 Å². The van der Waals surface area contributed by atoms with Crippen LogP contribution in [0.1, 0.15) is 149 Å². The number of carbonyl (C=O) groups excluding carboxylic acids is 2. The highest BCUT2D eigenvalue weighted by Crippen LogP contribution is 2.47. The summed E-state index contributed by atoms with van der Waals surface area (Å²) in [6.07, 6.45) is 27.1. The molecule has 1 aliphatic carbocycles. The predicted octanol–water partition coefficient (Wildman–Crippen LogP) is 7.77. The van der Waals surface area contributed by atoms with Crippen LogP contribution in [0.2, 0.25) is 0 Å². The molecular weight excluding hydrogens is 767 g/mol. The Hall–Kier alpha value is -2.45. The molecule has 8 atom stereocenters. The van der Waals surface area contributed by atoms with Gasteiger partial charge in [0.05, 0.1) is 6.61 Å². The molecule has 6 unspecified atom stereocenters. The fourth-order valence-electron chi connectivity index (χ4n) is 6.08. The summed E-state index contributed by atoms with van der Waals surface area (Å²) in [6, 6.07) is 0. The first kappa shape index (κ1) is 53.6. The van der Waals surface area contributed by atoms with E-state index in [4.69, 9.17) is 18.5 Å². The van der Waals surface area contributed by atoms with E-state index in [0.717, 1.165) is 96.3 Å². The summed E-state index contributed by atoms with van der Waals surface area (Å²) in [6.45, 7) is 3.10. The van der Waals surface area contributed by atoms with E-state index in [1.165, 1.54) is 12.8 Å². The van der Waals surface area contributed by atoms with Gasteiger partial charge in [0.2, 0.25) is 0 Å². The molecule has 0 amide bonds. The van der Waals surface area contributed by atoms with Crippen LogP contribution in [0.25, 0.3) is 0 Å². The molecule has 1 saturated carbocycles. The fraction of sp³-hybridized carbons (Fsp3) is 0.727. The molecule has 0 heterocycles. The van der Waals surface area contributed by atoms with Gasteiger partial charge in [0.1, 0.15) is 43.2 Å². The van der Waals surface area contributed by atoms with Crippen LogP contribution in [-0.2, 0) is 32.7 Å². The van der Waals surface area contributed by atoms with Gasteiger partial charge in [-0.1, -0.05) is 126 Å². The normalized spacial score (nSPS) is 23.1. The van der Waals surface area contributed by atoms with Crippen molar-refractivity contribution in [3.63, 3.8) is 0 Å². The number of unbranched alkanes of at least 4 members (excludes halogenated alkanes) is 12. The summed E-state index contributed by atoms with van der Waals surface area (Å²) in [5, 5.41) is 50.1. The molecule has 0 aliphatic heterocycles. The van der Waals surface area contributed by atoms with Gasteiger partial charge >= 0.3 is 19.8 Å². The Morgan fingerprint density at radius 3 is 1.50 bits per heavy atom. The van der Waals surface area contributed by atoms with E-state index in [2.05, 4.69) is 74.6 Å². The van der Waals surface area contributed by atoms with Gasteiger partial charge in [-0.25, -0.2) is 4.57 Å². The Morgan fingerprint density at radius 1 is 0.552 bits per heavy atom. The van der Waals surface area contributed by atoms with Gasteiger partial charge in [-0.05, 0) is 70.6 Å². The van der Waals surface area contributed by atoms with Crippen molar-refractivity contribution in [1.82, 2.24) is 0 Å². The van der Waals surface area contributed by atoms with E-state index < -0.39 is 75.7 Å². The monoisotopic (exact) mass is 842 g/mol. The molecule has 13 nitrogen and oxygen atoms in total. The minimum atomic E-state index is -5.13. The van der Waals surface area contributed by atoms with Crippen molar-refractivity contribution in [3.05, 3.63) is 60.8 Å². The van der Waals surface area contributed by atoms with Crippen molar-refractivity contribution in [2.24, 2.45) is 0 Å². The molecule has 14 heteroatoms. The Bertz CT molecular complexity index is 1250. The van der Waals surface area contributed by atoms with Crippen LogP contribution >= 0.6 is 7.82 Å². The quantitative estimate of drug-likeness (QED) is 0.0159. The smallest absolute Gasteiger partial charge is 0.462 e. The van der Waals surface area contributed by atoms with Crippen molar-refractivity contribution >= 4 is 19.8 Å². The fourth-order valence-corrected chi connectivity index (χ4v) is 7.05. The number of phosphoric ester groups is 1. The summed E-state index contributed by atoms with van der Waals surface area (Å²) in [5.74, 6) is -1.14. The van der Waals surface area contributed by atoms with E-state index in [9.17, 15) is 44.6 Å². The highest BCUT2D eigenvalue weighted by Gasteiger charge is 2.51. The topological polar surface area (TPSA) is 210 Å². The summed E-state index contributed by atoms with van der Waals surface area (Å²) >= 11 is 0. The lowest BCUT2D eigenvalue weighted by Crippen LogP contribution is -2.64. The second kappa shape index (κ2) is 34.3. The summed E-state index contributed by atoms with van der Waals surface area (Å²) in [4.78, 5) is 35.6. The lowest BCUT2D eigenvalue weighted by molar-refractivity contribution is -0.220. The average Bonchev–Trinajstić information content (AvgIpc) is 3.20. The molecule has 0 radical (unpaired) electrons. The van der Waals surface area contributed by atoms with Gasteiger partial charge < -0.3 is 39.9 Å². The third kappa shape index (κ3) is 26.6. The van der Waals surface area contributed by atoms with Crippen LogP contribution < -0.4 is 0 Å². The summed E-state index contributed by atoms with van der Waals surface area (Å²) < 4.78 is 33.4. The average molecular weight is 843 g/mol. The standard InChI is InChI=1S/C44H75O13P/c1-3-5-7-9-11-13-15-17-19-21-23-25-27-29-31-33-38(46)56-36(35-55-58(52,53)57-44-42(50)40(48)39(47)41(49)43(44)51)34-54-37(45)32-30-28-26-24-22-20-18-16-14-12-10-8-6-4-2/h5,7,10-13,16-19,36,39-44,47-51H,3-4,6,8-9,14-15,20-35H2,1-2H3,(H,52,53)/b7-5-,12-10-,13-11-,18-16-,19-17-/t36-,39?,40-,41?,42?,43?,44?/m1/s1. The van der Waals surface area contributed by atoms with Crippen LogP contribution in [0.3, 0.4) is 0 Å². The molecule has 1 rings (SSSR count). The number of hydrogen-bond donors (Lipinski definition) is 6. The van der Waals surface area contributed by atoms with Gasteiger partial charge in [-0.2, -0.15) is 0 Å². The molecule has 0 spiro atoms. The second-order valence-electron chi connectivity index (χ2n) is 14.8. The number of carbonyl (C=O) groups is 2. The molecule has 0 aromatic rings. The Labute approximate surface area is 347 Å². The highest BCUT2D eigenvalue weighted by atomic mass is 31.2. The highest BCUT2D eigenvalue weighted by molar-refractivity contribution is 7.47. The van der Waals surface area contributed by atoms with Crippen molar-refractivity contribution in [2.75, 3.05) is 13.2 Å². The SMILES string of the molecule is CC/C=C\C/C=C\C/C=C\CCCCCCCC(=O)O[C@H](COC(=O)CCCCCCC/C=C\C/C=C\CCCC)COP(=O)(O)OC1C(O)C(O)C(O)[C@@H](O)C1O. The third-order valence-electron chi connectivity index (χ3n) is 9.59. The van der Waals surface area contributed by atoms with E-state index >= 15 is 0 Å². The van der Waals surface area contributed by atoms with Crippen LogP contribution in [0.15, 0.2) is 60.8 Å². The maximum absolute atomic E-state index is 12.8. The van der Waals surface area contributed by atoms with E-state index in [0.29, 0.717) is 12.8 Å². The van der Waals surface area contributed by atoms with Crippen molar-refractivity contribution < 1.29 is 63.1 Å². The van der Waals surface area contributed by atoms with Crippen LogP contribution in [0.4, 0.5) is 0 Å². The van der Waals surface area contributed by atoms with E-state index in [1.54, 1.807) is 0 Å². The van der Waals surface area contributed by atoms with E-state index in [-0.39, 0.29) is 12.8 Å². The molecule has 334 valence electrons. The maximum Gasteiger partial charge on any atom is 0.472 e. The first-order valence-corrected chi connectivity index (χ1v) is 23.1. The number of allylic oxidation sites excluding steroid dienone is 10. The number of hydrogen-bond acceptors (Lipinski definition) is 12. The largest absolute Gasteiger partial charge is 0.472 e. The zero-order chi connectivity index (χ0) is 42.9. The molecular formula is C44H75O13P. The Balaban J connectivity index is 2.52. The van der Waals surface area contributed by atoms with Crippen molar-refractivity contribution in [3.8, 4) is 0 Å². The summed E-state index contributed by atoms with van der Waals surface area (Å²) in [7, 11) is -5.13. The van der Waals surface area contributed by atoms with Gasteiger partial charge in [0.25, 0.3) is 0 Å². The molecule has 0 bridgehead atoms. The maximum atomic E-state index is 12.8. The number of ether oxygens (including phenoxy) is 2. The lowest BCUT2D eigenvalue weighted by atomic mass is 9.85. The first-order valence-electron chi connectivity index (χ1n) is 21.6. The van der Waals surface area contributed by atoms with Gasteiger partial charge in [0.15, 0.2) is 6.10 Å². The minimum Gasteiger partial charge on any atom is -0.462 e. The number of aliphatic hydroxyl groups excluding tert-OH is 5. The minimum absolute atomic E-state index is 0.0713. The molecule has 0 saturated heterocycles. The zero-order valence-electron chi connectivity index (χ0n) is 35.1. The second-order valence-corrected chi connectivity index (χ2v) is 16.2. The molecule has 1 aliphatic rings. The van der Waals surface area contributed by atoms with Crippen molar-refractivity contribution in [2.45, 2.75) is 191 Å². The number of phosphoric acid groups is 1. The van der Waals surface area contributed by atoms with Gasteiger partial charge in [-0.15, -0.1) is 0 Å². The van der Waals surface area contributed by atoms with Crippen LogP contribution in [0, 0.1) is 0 Å². The van der Waals surface area contributed by atoms with E-state index in [1.807, 2.05) is 0 Å². The number of aliphatic hydroxyl groups is 5. The van der Waals surface area contributed by atoms with Crippen molar-refractivity contribution in [1.29, 1.82) is 0 Å². The Kier molecular flexibility index (Phi) is 31.7. The number of rotatable bonds is 34. The lowest BCUT2D eigenvalue weighted by Gasteiger charge is -2.41. The number of esters is 2. The summed E-state index contributed by atoms with van der Waals surface area (Å²) in [5.41, 5.74) is 0.